The second-order valence-electron chi connectivity index (χ2n) is 10.9. The molecule has 0 heterocycles. The van der Waals surface area contributed by atoms with Crippen LogP contribution in [0.1, 0.15) is 133 Å². The van der Waals surface area contributed by atoms with Crippen LogP contribution in [0.25, 0.3) is 0 Å². The molecule has 36 heavy (non-hydrogen) atoms. The monoisotopic (exact) mass is 890 g/mol. The Bertz CT molecular complexity index is 383. The minimum Gasteiger partial charge on any atom is -0.0579 e. The van der Waals surface area contributed by atoms with E-state index in [1.54, 1.807) is 0 Å². The standard InChI is InChI=1S/2C10H15.2C6H12S.2Ir/c2*1-6-7(2)9(4)10(5)8(6)3;2*7-6-4-2-1-3-5-6;;/h2*1-5H3;2*6-7H,1-5H2;;/p+2. The molecule has 0 amide bonds. The Kier molecular flexibility index (Phi) is 23.2. The van der Waals surface area contributed by atoms with Gasteiger partial charge >= 0.3 is 0 Å². The summed E-state index contributed by atoms with van der Waals surface area (Å²) in [6, 6.07) is 0. The molecule has 4 rings (SSSR count). The van der Waals surface area contributed by atoms with Gasteiger partial charge in [0.2, 0.25) is 0 Å². The summed E-state index contributed by atoms with van der Waals surface area (Å²) in [7, 11) is 0. The summed E-state index contributed by atoms with van der Waals surface area (Å²) < 4.78 is 0. The third-order valence-electron chi connectivity index (χ3n) is 8.84. The zero-order chi connectivity index (χ0) is 26.0. The molecule has 0 unspecified atom stereocenters. The summed E-state index contributed by atoms with van der Waals surface area (Å²) >= 11 is 7.27. The molecule has 4 aliphatic rings. The van der Waals surface area contributed by atoms with Crippen LogP contribution in [0.5, 0.6) is 0 Å². The fraction of sp³-hybridized carbons (Fsp3) is 0.688. The molecule has 212 valence electrons. The van der Waals surface area contributed by atoms with Crippen molar-refractivity contribution < 1.29 is 40.2 Å². The largest absolute Gasteiger partial charge is 0.113 e. The van der Waals surface area contributed by atoms with Gasteiger partial charge in [0.15, 0.2) is 0 Å². The van der Waals surface area contributed by atoms with Crippen molar-refractivity contribution in [2.24, 2.45) is 0 Å². The van der Waals surface area contributed by atoms with E-state index in [-0.39, 0.29) is 40.2 Å². The van der Waals surface area contributed by atoms with Crippen LogP contribution in [0, 0.1) is 59.2 Å². The van der Waals surface area contributed by atoms with Crippen molar-refractivity contribution in [1.82, 2.24) is 0 Å². The van der Waals surface area contributed by atoms with E-state index in [4.69, 9.17) is 0 Å². The zero-order valence-corrected chi connectivity index (χ0v) is 31.7. The first-order valence-corrected chi connectivity index (χ1v) is 14.9. The van der Waals surface area contributed by atoms with Crippen LogP contribution in [-0.2, 0) is 65.5 Å². The van der Waals surface area contributed by atoms with Gasteiger partial charge in [0, 0.05) is 40.2 Å². The quantitative estimate of drug-likeness (QED) is 0.214. The van der Waals surface area contributed by atoms with Gasteiger partial charge in [-0.2, -0.15) is 0 Å². The van der Waals surface area contributed by atoms with E-state index in [9.17, 15) is 0 Å². The molecule has 4 aliphatic carbocycles. The third kappa shape index (κ3) is 13.1. The molecule has 0 aromatic heterocycles. The van der Waals surface area contributed by atoms with E-state index >= 15 is 0 Å². The average molecular weight is 889 g/mol. The van der Waals surface area contributed by atoms with Crippen molar-refractivity contribution in [2.75, 3.05) is 0 Å². The molecule has 4 fully saturated rings. The molecule has 4 heteroatoms. The maximum atomic E-state index is 3.63. The minimum absolute atomic E-state index is 0. The maximum Gasteiger partial charge on any atom is 0.113 e. The van der Waals surface area contributed by atoms with E-state index in [0.29, 0.717) is 0 Å². The first-order valence-electron chi connectivity index (χ1n) is 13.7. The van der Waals surface area contributed by atoms with Crippen LogP contribution >= 0.6 is 0 Å². The van der Waals surface area contributed by atoms with Gasteiger partial charge in [0.1, 0.15) is 10.5 Å². The molecule has 0 spiro atoms. The average Bonchev–Trinajstić information content (AvgIpc) is 3.11. The summed E-state index contributed by atoms with van der Waals surface area (Å²) in [5, 5.41) is 1.68. The van der Waals surface area contributed by atoms with Gasteiger partial charge in [-0.1, -0.05) is 82.1 Å². The molecule has 0 atom stereocenters. The molecule has 12 radical (unpaired) electrons. The van der Waals surface area contributed by atoms with Crippen LogP contribution in [0.4, 0.5) is 0 Å². The summed E-state index contributed by atoms with van der Waals surface area (Å²) in [6.07, 6.45) is 14.3. The first kappa shape index (κ1) is 40.1. The second-order valence-corrected chi connectivity index (χ2v) is 12.6. The van der Waals surface area contributed by atoms with Gasteiger partial charge in [-0.15, -0.1) is 0 Å². The van der Waals surface area contributed by atoms with E-state index in [1.165, 1.54) is 123 Å². The van der Waals surface area contributed by atoms with Gasteiger partial charge in [0.05, 0.1) is 0 Å². The van der Waals surface area contributed by atoms with Gasteiger partial charge < -0.3 is 0 Å². The molecule has 0 nitrogen and oxygen atoms in total. The van der Waals surface area contributed by atoms with E-state index < -0.39 is 0 Å². The molecule has 0 aromatic carbocycles. The summed E-state index contributed by atoms with van der Waals surface area (Å²) in [5.41, 5.74) is 0. The van der Waals surface area contributed by atoms with Crippen LogP contribution in [0.2, 0.25) is 0 Å². The molecular weight excluding hydrogens is 833 g/mol. The fourth-order valence-corrected chi connectivity index (χ4v) is 5.83. The Morgan fingerprint density at radius 1 is 0.333 bits per heavy atom. The van der Waals surface area contributed by atoms with Crippen molar-refractivity contribution in [3.63, 3.8) is 0 Å². The first-order chi connectivity index (χ1) is 15.9. The van der Waals surface area contributed by atoms with Crippen LogP contribution < -0.4 is 0 Å². The number of hydrogen-bond acceptors (Lipinski definition) is 0. The van der Waals surface area contributed by atoms with Crippen molar-refractivity contribution >= 4 is 25.3 Å². The van der Waals surface area contributed by atoms with Crippen molar-refractivity contribution in [3.05, 3.63) is 59.2 Å². The minimum atomic E-state index is 0. The van der Waals surface area contributed by atoms with Gasteiger partial charge in [-0.3, -0.25) is 0 Å². The molecule has 0 N–H and O–H groups in total. The normalized spacial score (nSPS) is 25.7. The Labute approximate surface area is 266 Å². The predicted molar refractivity (Wildman–Crippen MR) is 163 cm³/mol. The van der Waals surface area contributed by atoms with Crippen LogP contribution in [0.15, 0.2) is 0 Å². The van der Waals surface area contributed by atoms with E-state index in [2.05, 4.69) is 94.5 Å². The smallest absolute Gasteiger partial charge is 0.0579 e. The van der Waals surface area contributed by atoms with Gasteiger partial charge in [0.25, 0.3) is 0 Å². The Morgan fingerprint density at radius 3 is 0.556 bits per heavy atom. The predicted octanol–water partition coefficient (Wildman–Crippen LogP) is 8.60. The SMILES string of the molecule is C[C]1[C](C)[C](C)[C](C)[C]1C.C[C]1[C](C)[C](C)[C](C)[C]1C.[Ir].[Ir].[SH2+]C1CCCCC1.[SH2+]C1CCCCC1. The molecule has 0 aliphatic heterocycles. The summed E-state index contributed by atoms with van der Waals surface area (Å²) in [4.78, 5) is 0. The zero-order valence-electron chi connectivity index (χ0n) is 24.9. The molecule has 0 aromatic rings. The van der Waals surface area contributed by atoms with E-state index in [1.807, 2.05) is 0 Å². The van der Waals surface area contributed by atoms with Gasteiger partial charge in [-0.05, 0) is 136 Å². The van der Waals surface area contributed by atoms with Crippen molar-refractivity contribution in [3.8, 4) is 0 Å². The Balaban J connectivity index is 0. The second kappa shape index (κ2) is 20.8. The molecule has 0 bridgehead atoms. The van der Waals surface area contributed by atoms with Crippen LogP contribution in [-0.4, -0.2) is 10.5 Å². The molecular formula is C32H56Ir2S2+2. The van der Waals surface area contributed by atoms with E-state index in [0.717, 1.165) is 10.5 Å². The molecule has 0 saturated heterocycles. The Morgan fingerprint density at radius 2 is 0.472 bits per heavy atom. The van der Waals surface area contributed by atoms with Crippen molar-refractivity contribution in [2.45, 2.75) is 144 Å². The van der Waals surface area contributed by atoms with Crippen LogP contribution in [0.3, 0.4) is 0 Å². The molecule has 4 saturated carbocycles. The number of rotatable bonds is 0. The van der Waals surface area contributed by atoms with Crippen molar-refractivity contribution in [1.29, 1.82) is 0 Å². The maximum absolute atomic E-state index is 3.63. The summed E-state index contributed by atoms with van der Waals surface area (Å²) in [5.74, 6) is 14.7. The third-order valence-corrected chi connectivity index (χ3v) is 9.99. The Hall–Kier alpha value is 2.00. The fourth-order valence-electron chi connectivity index (χ4n) is 5.02. The topological polar surface area (TPSA) is 0 Å². The summed E-state index contributed by atoms with van der Waals surface area (Å²) in [6.45, 7) is 22.0. The number of hydrogen-bond donors (Lipinski definition) is 0. The van der Waals surface area contributed by atoms with Gasteiger partial charge in [-0.25, -0.2) is 0 Å².